The van der Waals surface area contributed by atoms with Gasteiger partial charge in [-0.25, -0.2) is 4.98 Å². The first-order valence-corrected chi connectivity index (χ1v) is 6.64. The molecule has 2 atom stereocenters. The zero-order chi connectivity index (χ0) is 13.1. The molecule has 2 aromatic rings. The highest BCUT2D eigenvalue weighted by Gasteiger charge is 2.38. The average molecular weight is 255 g/mol. The lowest BCUT2D eigenvalue weighted by Crippen LogP contribution is -2.08. The maximum Gasteiger partial charge on any atom is 0.226 e. The van der Waals surface area contributed by atoms with Crippen molar-refractivity contribution in [1.29, 1.82) is 0 Å². The minimum atomic E-state index is 0.430. The van der Waals surface area contributed by atoms with Crippen LogP contribution in [-0.2, 0) is 0 Å². The molecule has 1 saturated carbocycles. The summed E-state index contributed by atoms with van der Waals surface area (Å²) in [6.45, 7) is 2.56. The maximum absolute atomic E-state index is 5.37. The van der Waals surface area contributed by atoms with Crippen molar-refractivity contribution in [2.75, 3.05) is 11.9 Å². The summed E-state index contributed by atoms with van der Waals surface area (Å²) in [4.78, 5) is 8.55. The molecule has 1 fully saturated rings. The van der Waals surface area contributed by atoms with E-state index in [-0.39, 0.29) is 0 Å². The van der Waals surface area contributed by atoms with Crippen molar-refractivity contribution >= 4 is 5.95 Å². The number of aromatic nitrogens is 2. The minimum Gasteiger partial charge on any atom is -0.478 e. The number of nitrogens with one attached hydrogen (secondary N) is 1. The predicted octanol–water partition coefficient (Wildman–Crippen LogP) is 2.84. The van der Waals surface area contributed by atoms with E-state index in [1.807, 2.05) is 13.0 Å². The van der Waals surface area contributed by atoms with Crippen LogP contribution in [0.4, 0.5) is 5.95 Å². The van der Waals surface area contributed by atoms with E-state index >= 15 is 0 Å². The van der Waals surface area contributed by atoms with E-state index in [0.717, 1.165) is 6.42 Å². The Hall–Kier alpha value is -2.10. The first kappa shape index (κ1) is 12.0. The van der Waals surface area contributed by atoms with E-state index in [1.165, 1.54) is 5.56 Å². The fourth-order valence-electron chi connectivity index (χ4n) is 2.23. The van der Waals surface area contributed by atoms with Gasteiger partial charge < -0.3 is 10.1 Å². The van der Waals surface area contributed by atoms with Crippen molar-refractivity contribution < 1.29 is 4.74 Å². The Morgan fingerprint density at radius 2 is 2.11 bits per heavy atom. The molecule has 0 bridgehead atoms. The summed E-state index contributed by atoms with van der Waals surface area (Å²) in [5, 5.41) is 3.36. The molecule has 98 valence electrons. The van der Waals surface area contributed by atoms with Crippen molar-refractivity contribution in [2.24, 2.45) is 0 Å². The van der Waals surface area contributed by atoms with E-state index in [9.17, 15) is 0 Å². The summed E-state index contributed by atoms with van der Waals surface area (Å²) in [7, 11) is 0. The van der Waals surface area contributed by atoms with Crippen LogP contribution in [0.2, 0.25) is 0 Å². The monoisotopic (exact) mass is 255 g/mol. The number of hydrogen-bond donors (Lipinski definition) is 1. The lowest BCUT2D eigenvalue weighted by Gasteiger charge is -2.06. The van der Waals surface area contributed by atoms with Crippen molar-refractivity contribution in [3.63, 3.8) is 0 Å². The van der Waals surface area contributed by atoms with Gasteiger partial charge in [-0.1, -0.05) is 30.3 Å². The molecule has 0 radical (unpaired) electrons. The zero-order valence-electron chi connectivity index (χ0n) is 10.9. The molecule has 1 heterocycles. The molecule has 0 amide bonds. The van der Waals surface area contributed by atoms with E-state index in [0.29, 0.717) is 30.4 Å². The molecule has 19 heavy (non-hydrogen) atoms. The van der Waals surface area contributed by atoms with E-state index in [1.54, 1.807) is 12.3 Å². The third kappa shape index (κ3) is 2.84. The van der Waals surface area contributed by atoms with Gasteiger partial charge in [0, 0.05) is 24.2 Å². The molecule has 1 aliphatic carbocycles. The standard InChI is InChI=1S/C15H17N3O/c1-2-19-14-8-9-16-15(18-14)17-13-10-12(13)11-6-4-3-5-7-11/h3-9,12-13H,2,10H2,1H3,(H,16,17,18). The Morgan fingerprint density at radius 3 is 2.89 bits per heavy atom. The molecule has 0 spiro atoms. The molecule has 0 saturated heterocycles. The highest BCUT2D eigenvalue weighted by Crippen LogP contribution is 2.42. The van der Waals surface area contributed by atoms with Gasteiger partial charge in [0.2, 0.25) is 11.8 Å². The van der Waals surface area contributed by atoms with Crippen LogP contribution in [0.5, 0.6) is 5.88 Å². The van der Waals surface area contributed by atoms with Gasteiger partial charge in [-0.3, -0.25) is 0 Å². The normalized spacial score (nSPS) is 20.9. The Balaban J connectivity index is 1.63. The van der Waals surface area contributed by atoms with Gasteiger partial charge in [0.1, 0.15) is 0 Å². The van der Waals surface area contributed by atoms with Gasteiger partial charge in [0.15, 0.2) is 0 Å². The summed E-state index contributed by atoms with van der Waals surface area (Å²) in [6.07, 6.45) is 2.85. The zero-order valence-corrected chi connectivity index (χ0v) is 10.9. The Kier molecular flexibility index (Phi) is 3.31. The minimum absolute atomic E-state index is 0.430. The number of benzene rings is 1. The van der Waals surface area contributed by atoms with Crippen molar-refractivity contribution in [2.45, 2.75) is 25.3 Å². The van der Waals surface area contributed by atoms with Crippen LogP contribution in [0, 0.1) is 0 Å². The molecule has 1 aromatic heterocycles. The van der Waals surface area contributed by atoms with Crippen LogP contribution >= 0.6 is 0 Å². The molecule has 1 aliphatic rings. The lowest BCUT2D eigenvalue weighted by atomic mass is 10.1. The first-order chi connectivity index (χ1) is 9.36. The number of anilines is 1. The Morgan fingerprint density at radius 1 is 1.26 bits per heavy atom. The summed E-state index contributed by atoms with van der Waals surface area (Å²) in [5.41, 5.74) is 1.38. The molecular weight excluding hydrogens is 238 g/mol. The second-order valence-electron chi connectivity index (χ2n) is 4.66. The fourth-order valence-corrected chi connectivity index (χ4v) is 2.23. The van der Waals surface area contributed by atoms with Crippen molar-refractivity contribution in [1.82, 2.24) is 9.97 Å². The molecule has 4 heteroatoms. The van der Waals surface area contributed by atoms with Crippen LogP contribution < -0.4 is 10.1 Å². The smallest absolute Gasteiger partial charge is 0.226 e. The van der Waals surface area contributed by atoms with Gasteiger partial charge in [-0.2, -0.15) is 4.98 Å². The Labute approximate surface area is 112 Å². The lowest BCUT2D eigenvalue weighted by molar-refractivity contribution is 0.326. The summed E-state index contributed by atoms with van der Waals surface area (Å²) >= 11 is 0. The van der Waals surface area contributed by atoms with Crippen molar-refractivity contribution in [3.8, 4) is 5.88 Å². The maximum atomic E-state index is 5.37. The van der Waals surface area contributed by atoms with Gasteiger partial charge in [-0.15, -0.1) is 0 Å². The number of nitrogens with zero attached hydrogens (tertiary/aromatic N) is 2. The van der Waals surface area contributed by atoms with Crippen LogP contribution in [0.1, 0.15) is 24.8 Å². The molecule has 2 unspecified atom stereocenters. The van der Waals surface area contributed by atoms with E-state index < -0.39 is 0 Å². The predicted molar refractivity (Wildman–Crippen MR) is 74.4 cm³/mol. The van der Waals surface area contributed by atoms with Crippen LogP contribution in [0.3, 0.4) is 0 Å². The SMILES string of the molecule is CCOc1ccnc(NC2CC2c2ccccc2)n1. The second-order valence-corrected chi connectivity index (χ2v) is 4.66. The quantitative estimate of drug-likeness (QED) is 0.892. The topological polar surface area (TPSA) is 47.0 Å². The molecule has 3 rings (SSSR count). The van der Waals surface area contributed by atoms with Gasteiger partial charge in [-0.05, 0) is 18.9 Å². The number of rotatable bonds is 5. The molecule has 1 aromatic carbocycles. The Bertz CT molecular complexity index is 544. The second kappa shape index (κ2) is 5.26. The van der Waals surface area contributed by atoms with Crippen LogP contribution in [0.25, 0.3) is 0 Å². The number of hydrogen-bond acceptors (Lipinski definition) is 4. The third-order valence-corrected chi connectivity index (χ3v) is 3.25. The molecule has 1 N–H and O–H groups in total. The van der Waals surface area contributed by atoms with Crippen molar-refractivity contribution in [3.05, 3.63) is 48.2 Å². The number of ether oxygens (including phenoxy) is 1. The molecule has 4 nitrogen and oxygen atoms in total. The fraction of sp³-hybridized carbons (Fsp3) is 0.333. The third-order valence-electron chi connectivity index (χ3n) is 3.25. The van der Waals surface area contributed by atoms with Gasteiger partial charge in [0.25, 0.3) is 0 Å². The largest absolute Gasteiger partial charge is 0.478 e. The molecular formula is C15H17N3O. The van der Waals surface area contributed by atoms with E-state index in [2.05, 4.69) is 39.6 Å². The first-order valence-electron chi connectivity index (χ1n) is 6.64. The summed E-state index contributed by atoms with van der Waals surface area (Å²) in [5.74, 6) is 1.84. The summed E-state index contributed by atoms with van der Waals surface area (Å²) < 4.78 is 5.37. The van der Waals surface area contributed by atoms with Gasteiger partial charge in [0.05, 0.1) is 6.61 Å². The highest BCUT2D eigenvalue weighted by atomic mass is 16.5. The summed E-state index contributed by atoms with van der Waals surface area (Å²) in [6, 6.07) is 12.8. The highest BCUT2D eigenvalue weighted by molar-refractivity contribution is 5.37. The van der Waals surface area contributed by atoms with Crippen LogP contribution in [-0.4, -0.2) is 22.6 Å². The molecule has 0 aliphatic heterocycles. The van der Waals surface area contributed by atoms with E-state index in [4.69, 9.17) is 4.74 Å². The van der Waals surface area contributed by atoms with Gasteiger partial charge >= 0.3 is 0 Å². The average Bonchev–Trinajstić information content (AvgIpc) is 3.20. The van der Waals surface area contributed by atoms with Crippen LogP contribution in [0.15, 0.2) is 42.6 Å².